The minimum absolute atomic E-state index is 0.155. The van der Waals surface area contributed by atoms with E-state index in [9.17, 15) is 4.79 Å². The molecule has 0 aliphatic carbocycles. The number of halogens is 1. The first-order chi connectivity index (χ1) is 9.06. The Morgan fingerprint density at radius 1 is 1.26 bits per heavy atom. The van der Waals surface area contributed by atoms with E-state index in [2.05, 4.69) is 32.9 Å². The number of nitrogens with zero attached hydrogens (tertiary/aromatic N) is 2. The van der Waals surface area contributed by atoms with E-state index in [0.29, 0.717) is 11.4 Å². The van der Waals surface area contributed by atoms with Crippen LogP contribution in [0, 0.1) is 3.57 Å². The Balaban J connectivity index is 2.15. The average Bonchev–Trinajstić information content (AvgIpc) is 2.41. The molecule has 0 aliphatic heterocycles. The molecular formula is C14H14IN3O. The highest BCUT2D eigenvalue weighted by molar-refractivity contribution is 14.1. The molecule has 0 saturated carbocycles. The van der Waals surface area contributed by atoms with Crippen LogP contribution in [0.15, 0.2) is 42.6 Å². The van der Waals surface area contributed by atoms with Gasteiger partial charge in [0, 0.05) is 35.1 Å². The second-order valence-corrected chi connectivity index (χ2v) is 5.51. The van der Waals surface area contributed by atoms with Gasteiger partial charge in [-0.1, -0.05) is 6.07 Å². The second kappa shape index (κ2) is 6.01. The molecule has 0 unspecified atom stereocenters. The highest BCUT2D eigenvalue weighted by atomic mass is 127. The Morgan fingerprint density at radius 3 is 2.68 bits per heavy atom. The smallest absolute Gasteiger partial charge is 0.256 e. The summed E-state index contributed by atoms with van der Waals surface area (Å²) in [6.07, 6.45) is 1.71. The number of aromatic nitrogens is 1. The molecule has 1 amide bonds. The fourth-order valence-electron chi connectivity index (χ4n) is 1.56. The lowest BCUT2D eigenvalue weighted by Crippen LogP contribution is -2.14. The Labute approximate surface area is 126 Å². The number of hydrogen-bond donors (Lipinski definition) is 1. The highest BCUT2D eigenvalue weighted by Gasteiger charge is 2.08. The normalized spacial score (nSPS) is 10.1. The maximum Gasteiger partial charge on any atom is 0.256 e. The first-order valence-corrected chi connectivity index (χ1v) is 6.84. The van der Waals surface area contributed by atoms with E-state index in [0.717, 1.165) is 9.26 Å². The number of amides is 1. The van der Waals surface area contributed by atoms with Gasteiger partial charge >= 0.3 is 0 Å². The maximum absolute atomic E-state index is 12.1. The van der Waals surface area contributed by atoms with Crippen LogP contribution in [0.3, 0.4) is 0 Å². The molecule has 0 spiro atoms. The summed E-state index contributed by atoms with van der Waals surface area (Å²) in [7, 11) is 3.88. The third-order valence-electron chi connectivity index (χ3n) is 2.59. The summed E-state index contributed by atoms with van der Waals surface area (Å²) in [5.74, 6) is 0.401. The van der Waals surface area contributed by atoms with Gasteiger partial charge in [0.2, 0.25) is 0 Å². The van der Waals surface area contributed by atoms with E-state index in [1.165, 1.54) is 0 Å². The molecule has 0 fully saturated rings. The lowest BCUT2D eigenvalue weighted by Gasteiger charge is -2.13. The van der Waals surface area contributed by atoms with Crippen molar-refractivity contribution in [2.24, 2.45) is 0 Å². The molecule has 1 aromatic carbocycles. The first-order valence-electron chi connectivity index (χ1n) is 5.76. The molecule has 5 heteroatoms. The molecule has 98 valence electrons. The van der Waals surface area contributed by atoms with Gasteiger partial charge in [-0.15, -0.1) is 0 Å². The predicted octanol–water partition coefficient (Wildman–Crippen LogP) is 3.00. The Kier molecular flexibility index (Phi) is 4.36. The zero-order chi connectivity index (χ0) is 13.8. The van der Waals surface area contributed by atoms with Crippen LogP contribution in [0.2, 0.25) is 0 Å². The molecular weight excluding hydrogens is 353 g/mol. The van der Waals surface area contributed by atoms with E-state index in [4.69, 9.17) is 0 Å². The minimum Gasteiger partial charge on any atom is -0.378 e. The third-order valence-corrected chi connectivity index (χ3v) is 3.23. The summed E-state index contributed by atoms with van der Waals surface area (Å²) in [5, 5.41) is 2.78. The largest absolute Gasteiger partial charge is 0.378 e. The standard InChI is InChI=1S/C14H14IN3O/c1-18(2)12-5-3-4-10(8-12)14(19)17-13-7-6-11(15)9-16-13/h3-9H,1-2H3,(H,16,17,19). The van der Waals surface area contributed by atoms with Crippen molar-refractivity contribution in [2.75, 3.05) is 24.3 Å². The number of pyridine rings is 1. The summed E-state index contributed by atoms with van der Waals surface area (Å²) in [4.78, 5) is 18.2. The Morgan fingerprint density at radius 2 is 2.05 bits per heavy atom. The lowest BCUT2D eigenvalue weighted by atomic mass is 10.2. The van der Waals surface area contributed by atoms with Crippen molar-refractivity contribution in [2.45, 2.75) is 0 Å². The van der Waals surface area contributed by atoms with Crippen LogP contribution in [-0.2, 0) is 0 Å². The highest BCUT2D eigenvalue weighted by Crippen LogP contribution is 2.15. The lowest BCUT2D eigenvalue weighted by molar-refractivity contribution is 0.102. The first kappa shape index (κ1) is 13.8. The van der Waals surface area contributed by atoms with E-state index < -0.39 is 0 Å². The monoisotopic (exact) mass is 367 g/mol. The van der Waals surface area contributed by atoms with Gasteiger partial charge in [-0.3, -0.25) is 4.79 Å². The summed E-state index contributed by atoms with van der Waals surface area (Å²) in [6.45, 7) is 0. The molecule has 0 aliphatic rings. The van der Waals surface area contributed by atoms with Gasteiger partial charge < -0.3 is 10.2 Å². The van der Waals surface area contributed by atoms with Gasteiger partial charge in [0.1, 0.15) is 5.82 Å². The zero-order valence-corrected chi connectivity index (χ0v) is 12.9. The van der Waals surface area contributed by atoms with Crippen molar-refractivity contribution in [3.8, 4) is 0 Å². The van der Waals surface area contributed by atoms with Crippen molar-refractivity contribution >= 4 is 40.0 Å². The number of rotatable bonds is 3. The van der Waals surface area contributed by atoms with Crippen LogP contribution in [-0.4, -0.2) is 25.0 Å². The number of hydrogen-bond acceptors (Lipinski definition) is 3. The fourth-order valence-corrected chi connectivity index (χ4v) is 1.88. The van der Waals surface area contributed by atoms with Crippen LogP contribution in [0.1, 0.15) is 10.4 Å². The van der Waals surface area contributed by atoms with Gasteiger partial charge in [0.15, 0.2) is 0 Å². The van der Waals surface area contributed by atoms with E-state index >= 15 is 0 Å². The number of nitrogens with one attached hydrogen (secondary N) is 1. The predicted molar refractivity (Wildman–Crippen MR) is 85.7 cm³/mol. The van der Waals surface area contributed by atoms with E-state index in [-0.39, 0.29) is 5.91 Å². The van der Waals surface area contributed by atoms with Gasteiger partial charge in [0.25, 0.3) is 5.91 Å². The summed E-state index contributed by atoms with van der Waals surface area (Å²) in [6, 6.07) is 11.2. The molecule has 4 nitrogen and oxygen atoms in total. The van der Waals surface area contributed by atoms with E-state index in [1.807, 2.05) is 43.3 Å². The summed E-state index contributed by atoms with van der Waals surface area (Å²) in [5.41, 5.74) is 1.61. The molecule has 1 N–H and O–H groups in total. The van der Waals surface area contributed by atoms with Crippen molar-refractivity contribution in [1.29, 1.82) is 0 Å². The fraction of sp³-hybridized carbons (Fsp3) is 0.143. The molecule has 0 radical (unpaired) electrons. The van der Waals surface area contributed by atoms with Gasteiger partial charge in [-0.25, -0.2) is 4.98 Å². The molecule has 1 heterocycles. The van der Waals surface area contributed by atoms with Crippen LogP contribution < -0.4 is 10.2 Å². The topological polar surface area (TPSA) is 45.2 Å². The molecule has 1 aromatic heterocycles. The van der Waals surface area contributed by atoms with Crippen molar-refractivity contribution < 1.29 is 4.79 Å². The minimum atomic E-state index is -0.155. The van der Waals surface area contributed by atoms with Crippen molar-refractivity contribution in [3.63, 3.8) is 0 Å². The molecule has 0 atom stereocenters. The third kappa shape index (κ3) is 3.66. The van der Waals surface area contributed by atoms with Gasteiger partial charge in [-0.2, -0.15) is 0 Å². The van der Waals surface area contributed by atoms with Gasteiger partial charge in [0.05, 0.1) is 0 Å². The van der Waals surface area contributed by atoms with Crippen LogP contribution in [0.4, 0.5) is 11.5 Å². The SMILES string of the molecule is CN(C)c1cccc(C(=O)Nc2ccc(I)cn2)c1. The maximum atomic E-state index is 12.1. The molecule has 0 bridgehead atoms. The van der Waals surface area contributed by atoms with Crippen LogP contribution in [0.25, 0.3) is 0 Å². The van der Waals surface area contributed by atoms with Crippen LogP contribution >= 0.6 is 22.6 Å². The van der Waals surface area contributed by atoms with Gasteiger partial charge in [-0.05, 0) is 52.9 Å². The summed E-state index contributed by atoms with van der Waals surface area (Å²) >= 11 is 2.17. The van der Waals surface area contributed by atoms with Crippen molar-refractivity contribution in [1.82, 2.24) is 4.98 Å². The quantitative estimate of drug-likeness (QED) is 0.849. The molecule has 2 aromatic rings. The number of carbonyl (C=O) groups is 1. The molecule has 19 heavy (non-hydrogen) atoms. The average molecular weight is 367 g/mol. The van der Waals surface area contributed by atoms with Crippen molar-refractivity contribution in [3.05, 3.63) is 51.7 Å². The Hall–Kier alpha value is -1.63. The number of carbonyl (C=O) groups excluding carboxylic acids is 1. The molecule has 2 rings (SSSR count). The van der Waals surface area contributed by atoms with Crippen LogP contribution in [0.5, 0.6) is 0 Å². The number of anilines is 2. The Bertz CT molecular complexity index is 581. The van der Waals surface area contributed by atoms with E-state index in [1.54, 1.807) is 18.3 Å². The molecule has 0 saturated heterocycles. The second-order valence-electron chi connectivity index (χ2n) is 4.26. The number of benzene rings is 1. The summed E-state index contributed by atoms with van der Waals surface area (Å²) < 4.78 is 1.03. The zero-order valence-electron chi connectivity index (χ0n) is 10.7.